The molecular formula is C18H23NO2. The fourth-order valence-electron chi connectivity index (χ4n) is 2.85. The molecule has 1 aromatic rings. The monoisotopic (exact) mass is 285 g/mol. The summed E-state index contributed by atoms with van der Waals surface area (Å²) < 4.78 is 0. The molecule has 1 amide bonds. The van der Waals surface area contributed by atoms with Gasteiger partial charge in [0.1, 0.15) is 0 Å². The molecule has 0 aromatic heterocycles. The minimum absolute atomic E-state index is 0.0429. The number of aliphatic hydroxyl groups excluding tert-OH is 1. The van der Waals surface area contributed by atoms with E-state index in [0.29, 0.717) is 17.9 Å². The summed E-state index contributed by atoms with van der Waals surface area (Å²) in [6.07, 6.45) is 4.11. The van der Waals surface area contributed by atoms with Crippen molar-refractivity contribution in [1.82, 2.24) is 5.32 Å². The van der Waals surface area contributed by atoms with E-state index in [4.69, 9.17) is 5.11 Å². The molecule has 0 bridgehead atoms. The smallest absolute Gasteiger partial charge is 0.252 e. The van der Waals surface area contributed by atoms with Gasteiger partial charge in [-0.25, -0.2) is 0 Å². The van der Waals surface area contributed by atoms with Gasteiger partial charge in [-0.2, -0.15) is 0 Å². The van der Waals surface area contributed by atoms with E-state index in [2.05, 4.69) is 24.1 Å². The van der Waals surface area contributed by atoms with Gasteiger partial charge in [0.15, 0.2) is 0 Å². The molecule has 2 N–H and O–H groups in total. The van der Waals surface area contributed by atoms with Crippen LogP contribution in [-0.2, 0) is 0 Å². The predicted molar refractivity (Wildman–Crippen MR) is 83.9 cm³/mol. The summed E-state index contributed by atoms with van der Waals surface area (Å²) in [6, 6.07) is 7.37. The molecule has 2 atom stereocenters. The third-order valence-corrected chi connectivity index (χ3v) is 3.99. The van der Waals surface area contributed by atoms with E-state index in [-0.39, 0.29) is 12.5 Å². The van der Waals surface area contributed by atoms with Gasteiger partial charge in [0.2, 0.25) is 0 Å². The first-order valence-electron chi connectivity index (χ1n) is 7.67. The lowest BCUT2D eigenvalue weighted by Crippen LogP contribution is -2.29. The maximum atomic E-state index is 12.3. The van der Waals surface area contributed by atoms with E-state index in [1.807, 2.05) is 18.2 Å². The quantitative estimate of drug-likeness (QED) is 0.835. The maximum Gasteiger partial charge on any atom is 0.252 e. The number of hydrogen-bond acceptors (Lipinski definition) is 2. The second kappa shape index (κ2) is 7.85. The van der Waals surface area contributed by atoms with E-state index < -0.39 is 0 Å². The average molecular weight is 285 g/mol. The fraction of sp³-hybridized carbons (Fsp3) is 0.500. The van der Waals surface area contributed by atoms with Crippen LogP contribution in [0.3, 0.4) is 0 Å². The van der Waals surface area contributed by atoms with Crippen LogP contribution in [0.2, 0.25) is 0 Å². The lowest BCUT2D eigenvalue weighted by Gasteiger charge is -2.12. The van der Waals surface area contributed by atoms with E-state index in [0.717, 1.165) is 18.0 Å². The van der Waals surface area contributed by atoms with Gasteiger partial charge < -0.3 is 10.4 Å². The van der Waals surface area contributed by atoms with Crippen LogP contribution >= 0.6 is 0 Å². The number of carbonyl (C=O) groups is 1. The highest BCUT2D eigenvalue weighted by Crippen LogP contribution is 2.29. The number of rotatable bonds is 4. The molecule has 3 nitrogen and oxygen atoms in total. The zero-order valence-corrected chi connectivity index (χ0v) is 12.6. The second-order valence-electron chi connectivity index (χ2n) is 5.82. The maximum absolute atomic E-state index is 12.3. The molecule has 2 unspecified atom stereocenters. The first kappa shape index (κ1) is 15.6. The molecule has 0 spiro atoms. The lowest BCUT2D eigenvalue weighted by atomic mass is 10.0. The van der Waals surface area contributed by atoms with Gasteiger partial charge in [-0.1, -0.05) is 37.3 Å². The van der Waals surface area contributed by atoms with Crippen molar-refractivity contribution in [3.05, 3.63) is 35.4 Å². The van der Waals surface area contributed by atoms with Crippen LogP contribution in [-0.4, -0.2) is 24.2 Å². The summed E-state index contributed by atoms with van der Waals surface area (Å²) in [5.74, 6) is 7.17. The van der Waals surface area contributed by atoms with Crippen LogP contribution in [0.4, 0.5) is 0 Å². The highest BCUT2D eigenvalue weighted by atomic mass is 16.2. The van der Waals surface area contributed by atoms with Gasteiger partial charge in [0.05, 0.1) is 12.2 Å². The average Bonchev–Trinajstić information content (AvgIpc) is 2.91. The summed E-state index contributed by atoms with van der Waals surface area (Å²) in [7, 11) is 0. The van der Waals surface area contributed by atoms with Gasteiger partial charge in [-0.05, 0) is 36.8 Å². The van der Waals surface area contributed by atoms with Gasteiger partial charge in [-0.15, -0.1) is 0 Å². The van der Waals surface area contributed by atoms with E-state index in [1.165, 1.54) is 19.3 Å². The minimum atomic E-state index is -0.0524. The molecule has 1 aromatic carbocycles. The molecule has 1 aliphatic rings. The van der Waals surface area contributed by atoms with Crippen LogP contribution in [0.5, 0.6) is 0 Å². The topological polar surface area (TPSA) is 49.3 Å². The summed E-state index contributed by atoms with van der Waals surface area (Å²) in [5, 5.41) is 11.8. The third-order valence-electron chi connectivity index (χ3n) is 3.99. The molecule has 112 valence electrons. The van der Waals surface area contributed by atoms with Crippen molar-refractivity contribution >= 4 is 5.91 Å². The lowest BCUT2D eigenvalue weighted by molar-refractivity contribution is 0.0947. The Hall–Kier alpha value is -1.79. The van der Waals surface area contributed by atoms with Crippen LogP contribution in [0.15, 0.2) is 24.3 Å². The summed E-state index contributed by atoms with van der Waals surface area (Å²) in [6.45, 7) is 3.07. The third kappa shape index (κ3) is 4.61. The Morgan fingerprint density at radius 2 is 2.19 bits per heavy atom. The van der Waals surface area contributed by atoms with Crippen LogP contribution in [0, 0.1) is 23.7 Å². The highest BCUT2D eigenvalue weighted by Gasteiger charge is 2.22. The second-order valence-corrected chi connectivity index (χ2v) is 5.82. The van der Waals surface area contributed by atoms with Gasteiger partial charge >= 0.3 is 0 Å². The number of nitrogens with one attached hydrogen (secondary N) is 1. The summed E-state index contributed by atoms with van der Waals surface area (Å²) in [4.78, 5) is 12.3. The van der Waals surface area contributed by atoms with Crippen molar-refractivity contribution in [3.63, 3.8) is 0 Å². The Bertz CT molecular complexity index is 542. The molecule has 0 heterocycles. The molecule has 3 heteroatoms. The van der Waals surface area contributed by atoms with Crippen molar-refractivity contribution in [2.45, 2.75) is 32.6 Å². The van der Waals surface area contributed by atoms with Crippen LogP contribution in [0.25, 0.3) is 0 Å². The van der Waals surface area contributed by atoms with E-state index >= 15 is 0 Å². The number of benzene rings is 1. The first-order valence-corrected chi connectivity index (χ1v) is 7.67. The van der Waals surface area contributed by atoms with Crippen LogP contribution in [0.1, 0.15) is 48.5 Å². The molecule has 21 heavy (non-hydrogen) atoms. The van der Waals surface area contributed by atoms with Crippen molar-refractivity contribution in [3.8, 4) is 11.8 Å². The summed E-state index contributed by atoms with van der Waals surface area (Å²) >= 11 is 0. The Kier molecular flexibility index (Phi) is 5.83. The molecular weight excluding hydrogens is 262 g/mol. The molecule has 1 saturated carbocycles. The number of aliphatic hydroxyl groups is 1. The van der Waals surface area contributed by atoms with Crippen LogP contribution < -0.4 is 5.32 Å². The highest BCUT2D eigenvalue weighted by molar-refractivity contribution is 5.96. The standard InChI is InChI=1S/C18H23NO2/c1-14-9-10-15(12-14)13-19-18(21)17-8-3-2-6-16(17)7-4-5-11-20/h2-3,6,8,14-15,20H,5,9-13H2,1H3,(H,19,21). The van der Waals surface area contributed by atoms with Gasteiger partial charge in [0, 0.05) is 18.5 Å². The van der Waals surface area contributed by atoms with Gasteiger partial charge in [-0.3, -0.25) is 4.79 Å². The SMILES string of the molecule is CC1CCC(CNC(=O)c2ccccc2C#CCCO)C1. The molecule has 1 aliphatic carbocycles. The summed E-state index contributed by atoms with van der Waals surface area (Å²) in [5.41, 5.74) is 1.34. The van der Waals surface area contributed by atoms with E-state index in [1.54, 1.807) is 6.07 Å². The zero-order valence-electron chi connectivity index (χ0n) is 12.6. The minimum Gasteiger partial charge on any atom is -0.395 e. The van der Waals surface area contributed by atoms with Gasteiger partial charge in [0.25, 0.3) is 5.91 Å². The molecule has 1 fully saturated rings. The van der Waals surface area contributed by atoms with Crippen molar-refractivity contribution in [1.29, 1.82) is 0 Å². The Balaban J connectivity index is 1.97. The Morgan fingerprint density at radius 3 is 2.90 bits per heavy atom. The van der Waals surface area contributed by atoms with Crippen molar-refractivity contribution in [2.75, 3.05) is 13.2 Å². The van der Waals surface area contributed by atoms with E-state index in [9.17, 15) is 4.79 Å². The molecule has 0 aliphatic heterocycles. The fourth-order valence-corrected chi connectivity index (χ4v) is 2.85. The van der Waals surface area contributed by atoms with Crippen molar-refractivity contribution < 1.29 is 9.90 Å². The number of carbonyl (C=O) groups excluding carboxylic acids is 1. The number of amides is 1. The number of hydrogen-bond donors (Lipinski definition) is 2. The largest absolute Gasteiger partial charge is 0.395 e. The zero-order chi connectivity index (χ0) is 15.1. The first-order chi connectivity index (χ1) is 10.2. The normalized spacial score (nSPS) is 20.7. The Labute approximate surface area is 126 Å². The molecule has 2 rings (SSSR count). The molecule has 0 radical (unpaired) electrons. The van der Waals surface area contributed by atoms with Crippen molar-refractivity contribution in [2.24, 2.45) is 11.8 Å². The predicted octanol–water partition coefficient (Wildman–Crippen LogP) is 2.59. The Morgan fingerprint density at radius 1 is 1.38 bits per heavy atom. The molecule has 0 saturated heterocycles.